The van der Waals surface area contributed by atoms with Gasteiger partial charge in [0.05, 0.1) is 11.6 Å². The minimum absolute atomic E-state index is 0.0165. The maximum Gasteiger partial charge on any atom is 0.421 e. The van der Waals surface area contributed by atoms with Gasteiger partial charge in [-0.05, 0) is 60.7 Å². The van der Waals surface area contributed by atoms with Gasteiger partial charge in [-0.2, -0.15) is 23.4 Å². The molecule has 0 bridgehead atoms. The average molecular weight is 423 g/mol. The molecule has 1 fully saturated rings. The molecule has 1 saturated carbocycles. The van der Waals surface area contributed by atoms with Crippen molar-refractivity contribution in [3.05, 3.63) is 71.4 Å². The molecule has 0 unspecified atom stereocenters. The molecule has 3 aromatic rings. The molecule has 1 aliphatic carbocycles. The van der Waals surface area contributed by atoms with Crippen LogP contribution in [0.5, 0.6) is 0 Å². The number of halogens is 3. The lowest BCUT2D eigenvalue weighted by atomic mass is 9.97. The largest absolute Gasteiger partial charge is 0.421 e. The van der Waals surface area contributed by atoms with Crippen molar-refractivity contribution >= 4 is 23.1 Å². The molecule has 2 aromatic carbocycles. The van der Waals surface area contributed by atoms with Crippen LogP contribution in [0.3, 0.4) is 0 Å². The Hall–Kier alpha value is -3.60. The van der Waals surface area contributed by atoms with E-state index < -0.39 is 11.7 Å². The highest BCUT2D eigenvalue weighted by atomic mass is 19.4. The van der Waals surface area contributed by atoms with E-state index in [1.165, 1.54) is 18.4 Å². The zero-order valence-corrected chi connectivity index (χ0v) is 16.6. The lowest BCUT2D eigenvalue weighted by Crippen LogP contribution is -2.12. The molecule has 4 rings (SSSR count). The van der Waals surface area contributed by atoms with Crippen LogP contribution in [-0.2, 0) is 6.18 Å². The Labute approximate surface area is 178 Å². The molecule has 0 amide bonds. The monoisotopic (exact) mass is 423 g/mol. The van der Waals surface area contributed by atoms with Crippen LogP contribution in [0.15, 0.2) is 54.7 Å². The van der Waals surface area contributed by atoms with Crippen molar-refractivity contribution in [1.29, 1.82) is 5.26 Å². The van der Waals surface area contributed by atoms with Crippen LogP contribution in [0, 0.1) is 11.3 Å². The minimum atomic E-state index is -4.60. The van der Waals surface area contributed by atoms with Crippen molar-refractivity contribution in [3.63, 3.8) is 0 Å². The summed E-state index contributed by atoms with van der Waals surface area (Å²) in [5.41, 5.74) is 1.82. The highest BCUT2D eigenvalue weighted by molar-refractivity contribution is 5.63. The van der Waals surface area contributed by atoms with Gasteiger partial charge in [0.1, 0.15) is 11.4 Å². The second-order valence-electron chi connectivity index (χ2n) is 7.50. The standard InChI is InChI=1S/C23H20F3N5/c24-23(25,26)20-14-28-22(30-19-9-5-15(13-27)6-10-19)31-21(20)29-18-11-7-17(8-12-18)16-3-1-2-4-16/h5-12,14,16H,1-4H2,(H2,28,29,30,31). The predicted octanol–water partition coefficient (Wildman–Crippen LogP) is 6.51. The van der Waals surface area contributed by atoms with Crippen LogP contribution < -0.4 is 10.6 Å². The summed E-state index contributed by atoms with van der Waals surface area (Å²) in [6, 6.07) is 15.9. The number of rotatable bonds is 5. The van der Waals surface area contributed by atoms with E-state index >= 15 is 0 Å². The van der Waals surface area contributed by atoms with E-state index in [-0.39, 0.29) is 11.8 Å². The van der Waals surface area contributed by atoms with Crippen molar-refractivity contribution in [1.82, 2.24) is 9.97 Å². The van der Waals surface area contributed by atoms with Crippen molar-refractivity contribution in [3.8, 4) is 6.07 Å². The topological polar surface area (TPSA) is 73.6 Å². The second kappa shape index (κ2) is 8.64. The Bertz CT molecular complexity index is 1080. The quantitative estimate of drug-likeness (QED) is 0.489. The molecule has 1 aromatic heterocycles. The summed E-state index contributed by atoms with van der Waals surface area (Å²) in [5.74, 6) is 0.220. The molecule has 31 heavy (non-hydrogen) atoms. The zero-order valence-electron chi connectivity index (χ0n) is 16.6. The third-order valence-corrected chi connectivity index (χ3v) is 5.36. The first-order valence-electron chi connectivity index (χ1n) is 10.0. The normalized spacial score (nSPS) is 14.3. The highest BCUT2D eigenvalue weighted by Gasteiger charge is 2.35. The van der Waals surface area contributed by atoms with E-state index in [0.29, 0.717) is 22.9 Å². The number of aromatic nitrogens is 2. The van der Waals surface area contributed by atoms with Gasteiger partial charge in [0, 0.05) is 17.6 Å². The molecular weight excluding hydrogens is 403 g/mol. The Kier molecular flexibility index (Phi) is 5.76. The smallest absolute Gasteiger partial charge is 0.340 e. The number of hydrogen-bond acceptors (Lipinski definition) is 5. The summed E-state index contributed by atoms with van der Waals surface area (Å²) in [6.45, 7) is 0. The van der Waals surface area contributed by atoms with E-state index in [2.05, 4.69) is 20.6 Å². The number of nitrogens with zero attached hydrogens (tertiary/aromatic N) is 3. The Morgan fingerprint density at radius 3 is 2.13 bits per heavy atom. The van der Waals surface area contributed by atoms with Crippen LogP contribution in [0.2, 0.25) is 0 Å². The maximum absolute atomic E-state index is 13.5. The van der Waals surface area contributed by atoms with Gasteiger partial charge in [0.25, 0.3) is 0 Å². The van der Waals surface area contributed by atoms with Crippen molar-refractivity contribution in [2.75, 3.05) is 10.6 Å². The zero-order chi connectivity index (χ0) is 21.8. The fourth-order valence-corrected chi connectivity index (χ4v) is 3.74. The number of nitriles is 1. The average Bonchev–Trinajstić information content (AvgIpc) is 3.29. The van der Waals surface area contributed by atoms with Crippen LogP contribution in [-0.4, -0.2) is 9.97 Å². The third kappa shape index (κ3) is 4.94. The van der Waals surface area contributed by atoms with Gasteiger partial charge in [0.15, 0.2) is 0 Å². The van der Waals surface area contributed by atoms with E-state index in [1.54, 1.807) is 36.4 Å². The number of benzene rings is 2. The molecule has 1 heterocycles. The summed E-state index contributed by atoms with van der Waals surface area (Å²) >= 11 is 0. The molecule has 0 aliphatic heterocycles. The first-order valence-corrected chi connectivity index (χ1v) is 10.0. The summed E-state index contributed by atoms with van der Waals surface area (Å²) in [6.07, 6.45) is 0.904. The molecule has 0 saturated heterocycles. The van der Waals surface area contributed by atoms with E-state index in [9.17, 15) is 13.2 Å². The lowest BCUT2D eigenvalue weighted by molar-refractivity contribution is -0.137. The summed E-state index contributed by atoms with van der Waals surface area (Å²) < 4.78 is 40.5. The molecule has 5 nitrogen and oxygen atoms in total. The fourth-order valence-electron chi connectivity index (χ4n) is 3.74. The molecular formula is C23H20F3N5. The number of hydrogen-bond donors (Lipinski definition) is 2. The van der Waals surface area contributed by atoms with Gasteiger partial charge < -0.3 is 10.6 Å². The SMILES string of the molecule is N#Cc1ccc(Nc2ncc(C(F)(F)F)c(Nc3ccc(C4CCCC4)cc3)n2)cc1. The Morgan fingerprint density at radius 2 is 1.52 bits per heavy atom. The number of anilines is 4. The second-order valence-corrected chi connectivity index (χ2v) is 7.50. The van der Waals surface area contributed by atoms with Crippen LogP contribution in [0.4, 0.5) is 36.3 Å². The van der Waals surface area contributed by atoms with Gasteiger partial charge in [-0.25, -0.2) is 4.98 Å². The van der Waals surface area contributed by atoms with E-state index in [1.807, 2.05) is 18.2 Å². The Morgan fingerprint density at radius 1 is 0.903 bits per heavy atom. The maximum atomic E-state index is 13.5. The molecule has 158 valence electrons. The Balaban J connectivity index is 1.58. The molecule has 2 N–H and O–H groups in total. The van der Waals surface area contributed by atoms with Gasteiger partial charge in [0.2, 0.25) is 5.95 Å². The number of alkyl halides is 3. The van der Waals surface area contributed by atoms with Gasteiger partial charge in [-0.3, -0.25) is 0 Å². The summed E-state index contributed by atoms with van der Waals surface area (Å²) in [4.78, 5) is 7.86. The molecule has 0 atom stereocenters. The van der Waals surface area contributed by atoms with Gasteiger partial charge in [-0.15, -0.1) is 0 Å². The minimum Gasteiger partial charge on any atom is -0.340 e. The molecule has 8 heteroatoms. The number of nitrogens with one attached hydrogen (secondary N) is 2. The van der Waals surface area contributed by atoms with Gasteiger partial charge in [-0.1, -0.05) is 25.0 Å². The molecule has 1 aliphatic rings. The summed E-state index contributed by atoms with van der Waals surface area (Å²) in [7, 11) is 0. The van der Waals surface area contributed by atoms with Gasteiger partial charge >= 0.3 is 6.18 Å². The highest BCUT2D eigenvalue weighted by Crippen LogP contribution is 2.37. The molecule has 0 spiro atoms. The van der Waals surface area contributed by atoms with E-state index in [4.69, 9.17) is 5.26 Å². The summed E-state index contributed by atoms with van der Waals surface area (Å²) in [5, 5.41) is 14.5. The predicted molar refractivity (Wildman–Crippen MR) is 112 cm³/mol. The van der Waals surface area contributed by atoms with Crippen LogP contribution >= 0.6 is 0 Å². The van der Waals surface area contributed by atoms with Crippen molar-refractivity contribution in [2.45, 2.75) is 37.8 Å². The molecule has 0 radical (unpaired) electrons. The first kappa shape index (κ1) is 20.7. The van der Waals surface area contributed by atoms with Crippen molar-refractivity contribution < 1.29 is 13.2 Å². The van der Waals surface area contributed by atoms with Crippen LogP contribution in [0.1, 0.15) is 48.3 Å². The van der Waals surface area contributed by atoms with Crippen LogP contribution in [0.25, 0.3) is 0 Å². The fraction of sp³-hybridized carbons (Fsp3) is 0.261. The van der Waals surface area contributed by atoms with Crippen molar-refractivity contribution in [2.24, 2.45) is 0 Å². The third-order valence-electron chi connectivity index (χ3n) is 5.36. The first-order chi connectivity index (χ1) is 14.9. The van der Waals surface area contributed by atoms with E-state index in [0.717, 1.165) is 19.0 Å². The lowest BCUT2D eigenvalue weighted by Gasteiger charge is -2.16.